The van der Waals surface area contributed by atoms with E-state index in [-0.39, 0.29) is 5.91 Å². The second kappa shape index (κ2) is 7.55. The largest absolute Gasteiger partial charge is 0.354 e. The fraction of sp³-hybridized carbons (Fsp3) is 0.0526. The van der Waals surface area contributed by atoms with Crippen LogP contribution in [0.5, 0.6) is 0 Å². The van der Waals surface area contributed by atoms with E-state index in [9.17, 15) is 4.79 Å². The lowest BCUT2D eigenvalue weighted by Gasteiger charge is -2.11. The molecule has 1 heterocycles. The number of hydrogen-bond donors (Lipinski definition) is 2. The lowest BCUT2D eigenvalue weighted by molar-refractivity contribution is 0.102. The zero-order valence-electron chi connectivity index (χ0n) is 13.4. The first-order valence-electron chi connectivity index (χ1n) is 7.57. The normalized spacial score (nSPS) is 10.4. The molecule has 0 saturated heterocycles. The lowest BCUT2D eigenvalue weighted by atomic mass is 10.2. The van der Waals surface area contributed by atoms with Gasteiger partial charge in [-0.25, -0.2) is 0 Å². The zero-order valence-corrected chi connectivity index (χ0v) is 14.9. The number of nitrogens with zero attached hydrogens (tertiary/aromatic N) is 1. The van der Waals surface area contributed by atoms with Crippen molar-refractivity contribution in [2.24, 2.45) is 0 Å². The van der Waals surface area contributed by atoms with E-state index in [1.807, 2.05) is 31.2 Å². The molecule has 25 heavy (non-hydrogen) atoms. The molecular formula is C19H15Cl2N3O. The summed E-state index contributed by atoms with van der Waals surface area (Å²) in [5, 5.41) is 6.70. The number of rotatable bonds is 4. The highest BCUT2D eigenvalue weighted by atomic mass is 35.5. The molecule has 4 nitrogen and oxygen atoms in total. The maximum atomic E-state index is 12.5. The monoisotopic (exact) mass is 371 g/mol. The summed E-state index contributed by atoms with van der Waals surface area (Å²) in [6.07, 6.45) is 3.14. The third-order valence-corrected chi connectivity index (χ3v) is 4.17. The van der Waals surface area contributed by atoms with Gasteiger partial charge in [-0.2, -0.15) is 0 Å². The van der Waals surface area contributed by atoms with Gasteiger partial charge >= 0.3 is 0 Å². The van der Waals surface area contributed by atoms with Crippen molar-refractivity contribution in [3.05, 3.63) is 82.1 Å². The molecule has 1 amide bonds. The second-order valence-electron chi connectivity index (χ2n) is 5.50. The summed E-state index contributed by atoms with van der Waals surface area (Å²) in [6, 6.07) is 14.7. The molecule has 2 aromatic carbocycles. The Balaban J connectivity index is 1.78. The van der Waals surface area contributed by atoms with Crippen LogP contribution in [0.1, 0.15) is 15.9 Å². The van der Waals surface area contributed by atoms with Crippen molar-refractivity contribution in [1.82, 2.24) is 4.98 Å². The maximum Gasteiger partial charge on any atom is 0.257 e. The number of aryl methyl sites for hydroxylation is 1. The molecule has 0 aliphatic heterocycles. The van der Waals surface area contributed by atoms with Gasteiger partial charge in [0.1, 0.15) is 0 Å². The molecule has 0 atom stereocenters. The van der Waals surface area contributed by atoms with Crippen molar-refractivity contribution in [3.63, 3.8) is 0 Å². The van der Waals surface area contributed by atoms with Gasteiger partial charge < -0.3 is 10.6 Å². The number of benzene rings is 2. The third-order valence-electron chi connectivity index (χ3n) is 3.54. The van der Waals surface area contributed by atoms with Crippen LogP contribution in [-0.2, 0) is 0 Å². The van der Waals surface area contributed by atoms with Gasteiger partial charge in [0.15, 0.2) is 0 Å². The van der Waals surface area contributed by atoms with E-state index in [4.69, 9.17) is 23.2 Å². The number of hydrogen-bond acceptors (Lipinski definition) is 3. The fourth-order valence-corrected chi connectivity index (χ4v) is 2.73. The van der Waals surface area contributed by atoms with Crippen LogP contribution in [0.4, 0.5) is 17.1 Å². The molecule has 0 saturated carbocycles. The first-order chi connectivity index (χ1) is 12.0. The molecule has 3 rings (SSSR count). The van der Waals surface area contributed by atoms with Crippen molar-refractivity contribution < 1.29 is 4.79 Å². The molecule has 3 aromatic rings. The topological polar surface area (TPSA) is 54.0 Å². The first kappa shape index (κ1) is 17.3. The fourth-order valence-electron chi connectivity index (χ4n) is 2.24. The molecular weight excluding hydrogens is 357 g/mol. The van der Waals surface area contributed by atoms with E-state index < -0.39 is 0 Å². The number of carbonyl (C=O) groups excluding carboxylic acids is 1. The van der Waals surface area contributed by atoms with E-state index >= 15 is 0 Å². The molecule has 126 valence electrons. The Bertz CT molecular complexity index is 891. The van der Waals surface area contributed by atoms with E-state index in [1.165, 1.54) is 11.8 Å². The van der Waals surface area contributed by atoms with Crippen LogP contribution in [0.3, 0.4) is 0 Å². The van der Waals surface area contributed by atoms with Crippen LogP contribution in [0, 0.1) is 6.92 Å². The Hall–Kier alpha value is -2.56. The molecule has 0 aliphatic carbocycles. The Labute approximate surface area is 155 Å². The average Bonchev–Trinajstić information content (AvgIpc) is 2.60. The minimum absolute atomic E-state index is 0.338. The number of carbonyl (C=O) groups is 1. The maximum absolute atomic E-state index is 12.5. The number of para-hydroxylation sites is 1. The van der Waals surface area contributed by atoms with Gasteiger partial charge in [0.05, 0.1) is 33.2 Å². The predicted molar refractivity (Wildman–Crippen MR) is 103 cm³/mol. The van der Waals surface area contributed by atoms with E-state index in [2.05, 4.69) is 15.6 Å². The summed E-state index contributed by atoms with van der Waals surface area (Å²) in [4.78, 5) is 16.6. The Morgan fingerprint density at radius 3 is 2.32 bits per heavy atom. The highest BCUT2D eigenvalue weighted by Gasteiger charge is 2.12. The summed E-state index contributed by atoms with van der Waals surface area (Å²) in [5.41, 5.74) is 3.58. The molecule has 0 radical (unpaired) electrons. The van der Waals surface area contributed by atoms with Gasteiger partial charge in [-0.3, -0.25) is 9.78 Å². The summed E-state index contributed by atoms with van der Waals surface area (Å²) in [5.74, 6) is -0.338. The minimum atomic E-state index is -0.338. The van der Waals surface area contributed by atoms with Crippen LogP contribution < -0.4 is 10.6 Å². The minimum Gasteiger partial charge on any atom is -0.354 e. The van der Waals surface area contributed by atoms with Crippen molar-refractivity contribution in [1.29, 1.82) is 0 Å². The van der Waals surface area contributed by atoms with Crippen LogP contribution >= 0.6 is 23.2 Å². The molecule has 0 bridgehead atoms. The average molecular weight is 372 g/mol. The smallest absolute Gasteiger partial charge is 0.257 e. The van der Waals surface area contributed by atoms with Crippen molar-refractivity contribution in [2.45, 2.75) is 6.92 Å². The lowest BCUT2D eigenvalue weighted by Crippen LogP contribution is -2.13. The van der Waals surface area contributed by atoms with Crippen molar-refractivity contribution in [2.75, 3.05) is 10.6 Å². The Kier molecular flexibility index (Phi) is 5.22. The number of nitrogens with one attached hydrogen (secondary N) is 2. The highest BCUT2D eigenvalue weighted by Crippen LogP contribution is 2.30. The van der Waals surface area contributed by atoms with Gasteiger partial charge in [-0.15, -0.1) is 0 Å². The highest BCUT2D eigenvalue weighted by molar-refractivity contribution is 6.40. The molecule has 0 fully saturated rings. The Morgan fingerprint density at radius 1 is 0.960 bits per heavy atom. The van der Waals surface area contributed by atoms with Crippen molar-refractivity contribution in [3.8, 4) is 0 Å². The van der Waals surface area contributed by atoms with Crippen LogP contribution in [0.25, 0.3) is 0 Å². The summed E-state index contributed by atoms with van der Waals surface area (Å²) in [6.45, 7) is 2.02. The van der Waals surface area contributed by atoms with E-state index in [1.54, 1.807) is 30.5 Å². The number of anilines is 3. The van der Waals surface area contributed by atoms with Gasteiger partial charge in [-0.05, 0) is 37.3 Å². The SMILES string of the molecule is Cc1ccc(Nc2cncc(C(=O)Nc3c(Cl)cccc3Cl)c2)cc1. The number of pyridine rings is 1. The molecule has 0 spiro atoms. The summed E-state index contributed by atoms with van der Waals surface area (Å²) in [7, 11) is 0. The second-order valence-corrected chi connectivity index (χ2v) is 6.32. The van der Waals surface area contributed by atoms with Gasteiger partial charge in [-0.1, -0.05) is 47.0 Å². The molecule has 0 aliphatic rings. The third kappa shape index (κ3) is 4.29. The molecule has 6 heteroatoms. The molecule has 1 aromatic heterocycles. The van der Waals surface area contributed by atoms with Crippen LogP contribution in [-0.4, -0.2) is 10.9 Å². The van der Waals surface area contributed by atoms with Crippen molar-refractivity contribution >= 4 is 46.2 Å². The quantitative estimate of drug-likeness (QED) is 0.618. The first-order valence-corrected chi connectivity index (χ1v) is 8.32. The summed E-state index contributed by atoms with van der Waals surface area (Å²) < 4.78 is 0. The van der Waals surface area contributed by atoms with Crippen LogP contribution in [0.2, 0.25) is 10.0 Å². The number of halogens is 2. The number of amides is 1. The zero-order chi connectivity index (χ0) is 17.8. The molecule has 0 unspecified atom stereocenters. The van der Waals surface area contributed by atoms with Gasteiger partial charge in [0.2, 0.25) is 0 Å². The van der Waals surface area contributed by atoms with Gasteiger partial charge in [0, 0.05) is 11.9 Å². The van der Waals surface area contributed by atoms with Crippen LogP contribution in [0.15, 0.2) is 60.9 Å². The predicted octanol–water partition coefficient (Wildman–Crippen LogP) is 5.69. The Morgan fingerprint density at radius 2 is 1.64 bits per heavy atom. The number of aromatic nitrogens is 1. The standard InChI is InChI=1S/C19H15Cl2N3O/c1-12-5-7-14(8-6-12)23-15-9-13(10-22-11-15)19(25)24-18-16(20)3-2-4-17(18)21/h2-11,23H,1H3,(H,24,25). The van der Waals surface area contributed by atoms with Gasteiger partial charge in [0.25, 0.3) is 5.91 Å². The van der Waals surface area contributed by atoms with E-state index in [0.29, 0.717) is 27.0 Å². The molecule has 2 N–H and O–H groups in total. The summed E-state index contributed by atoms with van der Waals surface area (Å²) >= 11 is 12.2. The van der Waals surface area contributed by atoms with E-state index in [0.717, 1.165) is 5.69 Å².